The second-order valence-corrected chi connectivity index (χ2v) is 3.24. The van der Waals surface area contributed by atoms with E-state index in [0.29, 0.717) is 31.7 Å². The van der Waals surface area contributed by atoms with Gasteiger partial charge in [-0.2, -0.15) is 0 Å². The highest BCUT2D eigenvalue weighted by atomic mass is 16.6. The Kier molecular flexibility index (Phi) is 4.46. The van der Waals surface area contributed by atoms with E-state index < -0.39 is 4.92 Å². The number of carbonyl (C=O) groups excluding carboxylic acids is 1. The Morgan fingerprint density at radius 1 is 1.56 bits per heavy atom. The van der Waals surface area contributed by atoms with E-state index in [1.807, 2.05) is 0 Å². The largest absolute Gasteiger partial charge is 0.433 e. The molecule has 7 heteroatoms. The summed E-state index contributed by atoms with van der Waals surface area (Å²) in [6.45, 7) is 1.00. The molecule has 0 aliphatic heterocycles. The SMILES string of the molecule is NC(=O)CCCNCc1ccc([N+](=O)[O-])o1. The molecule has 0 aliphatic carbocycles. The minimum atomic E-state index is -0.587. The summed E-state index contributed by atoms with van der Waals surface area (Å²) in [5, 5.41) is 13.3. The van der Waals surface area contributed by atoms with Crippen molar-refractivity contribution in [2.75, 3.05) is 6.54 Å². The lowest BCUT2D eigenvalue weighted by atomic mass is 10.3. The molecule has 3 N–H and O–H groups in total. The smallest absolute Gasteiger partial charge is 0.404 e. The van der Waals surface area contributed by atoms with Crippen LogP contribution in [0.2, 0.25) is 0 Å². The Hall–Kier alpha value is -1.89. The zero-order chi connectivity index (χ0) is 12.0. The number of nitrogens with two attached hydrogens (primary N) is 1. The molecular weight excluding hydrogens is 214 g/mol. The summed E-state index contributed by atoms with van der Waals surface area (Å²) in [4.78, 5) is 20.1. The van der Waals surface area contributed by atoms with E-state index in [0.717, 1.165) is 0 Å². The molecule has 1 heterocycles. The van der Waals surface area contributed by atoms with E-state index in [9.17, 15) is 14.9 Å². The quantitative estimate of drug-likeness (QED) is 0.401. The molecule has 0 spiro atoms. The standard InChI is InChI=1S/C9H13N3O4/c10-8(13)2-1-5-11-6-7-3-4-9(16-7)12(14)15/h3-4,11H,1-2,5-6H2,(H2,10,13). The van der Waals surface area contributed by atoms with Crippen LogP contribution in [0.1, 0.15) is 18.6 Å². The summed E-state index contributed by atoms with van der Waals surface area (Å²) in [5.74, 6) is -0.116. The van der Waals surface area contributed by atoms with Gasteiger partial charge >= 0.3 is 5.88 Å². The highest BCUT2D eigenvalue weighted by Gasteiger charge is 2.10. The second kappa shape index (κ2) is 5.86. The van der Waals surface area contributed by atoms with Crippen molar-refractivity contribution in [3.05, 3.63) is 28.0 Å². The van der Waals surface area contributed by atoms with E-state index in [-0.39, 0.29) is 11.8 Å². The van der Waals surface area contributed by atoms with Gasteiger partial charge < -0.3 is 15.5 Å². The fourth-order valence-electron chi connectivity index (χ4n) is 1.16. The van der Waals surface area contributed by atoms with Crippen LogP contribution in [0.25, 0.3) is 0 Å². The minimum Gasteiger partial charge on any atom is -0.404 e. The number of nitrogens with zero attached hydrogens (tertiary/aromatic N) is 1. The molecule has 7 nitrogen and oxygen atoms in total. The summed E-state index contributed by atoms with van der Waals surface area (Å²) in [6, 6.07) is 2.85. The summed E-state index contributed by atoms with van der Waals surface area (Å²) in [6.07, 6.45) is 0.962. The van der Waals surface area contributed by atoms with Gasteiger partial charge in [0, 0.05) is 6.42 Å². The number of carbonyl (C=O) groups is 1. The Morgan fingerprint density at radius 2 is 2.31 bits per heavy atom. The molecule has 0 radical (unpaired) electrons. The van der Waals surface area contributed by atoms with E-state index in [1.54, 1.807) is 6.07 Å². The van der Waals surface area contributed by atoms with Crippen molar-refractivity contribution in [2.24, 2.45) is 5.73 Å². The first-order valence-electron chi connectivity index (χ1n) is 4.81. The number of furan rings is 1. The third-order valence-corrected chi connectivity index (χ3v) is 1.90. The van der Waals surface area contributed by atoms with Gasteiger partial charge in [-0.1, -0.05) is 0 Å². The molecule has 88 valence electrons. The second-order valence-electron chi connectivity index (χ2n) is 3.24. The van der Waals surface area contributed by atoms with Crippen LogP contribution in [0.5, 0.6) is 0 Å². The molecule has 0 fully saturated rings. The maximum atomic E-state index is 10.4. The lowest BCUT2D eigenvalue weighted by Gasteiger charge is -2.00. The van der Waals surface area contributed by atoms with Gasteiger partial charge in [0.2, 0.25) is 5.91 Å². The third kappa shape index (κ3) is 4.09. The zero-order valence-corrected chi connectivity index (χ0v) is 8.64. The van der Waals surface area contributed by atoms with Gasteiger partial charge in [-0.3, -0.25) is 14.9 Å². The van der Waals surface area contributed by atoms with Gasteiger partial charge in [-0.25, -0.2) is 0 Å². The first-order valence-corrected chi connectivity index (χ1v) is 4.81. The highest BCUT2D eigenvalue weighted by Crippen LogP contribution is 2.14. The maximum Gasteiger partial charge on any atom is 0.433 e. The minimum absolute atomic E-state index is 0.270. The molecule has 0 saturated carbocycles. The molecule has 0 unspecified atom stereocenters. The average molecular weight is 227 g/mol. The number of amides is 1. The van der Waals surface area contributed by atoms with E-state index >= 15 is 0 Å². The number of primary amides is 1. The summed E-state index contributed by atoms with van der Waals surface area (Å²) < 4.78 is 4.92. The van der Waals surface area contributed by atoms with Crippen LogP contribution in [0.15, 0.2) is 16.5 Å². The van der Waals surface area contributed by atoms with Crippen molar-refractivity contribution < 1.29 is 14.1 Å². The van der Waals surface area contributed by atoms with Crippen molar-refractivity contribution in [3.8, 4) is 0 Å². The fourth-order valence-corrected chi connectivity index (χ4v) is 1.16. The lowest BCUT2D eigenvalue weighted by Crippen LogP contribution is -2.17. The Morgan fingerprint density at radius 3 is 2.88 bits per heavy atom. The van der Waals surface area contributed by atoms with Crippen LogP contribution >= 0.6 is 0 Å². The van der Waals surface area contributed by atoms with Crippen LogP contribution in [0.4, 0.5) is 5.88 Å². The number of hydrogen-bond donors (Lipinski definition) is 2. The van der Waals surface area contributed by atoms with Crippen molar-refractivity contribution >= 4 is 11.8 Å². The molecule has 0 aliphatic rings. The Balaban J connectivity index is 2.21. The van der Waals surface area contributed by atoms with Gasteiger partial charge in [-0.15, -0.1) is 0 Å². The van der Waals surface area contributed by atoms with Gasteiger partial charge in [0.1, 0.15) is 10.7 Å². The fraction of sp³-hybridized carbons (Fsp3) is 0.444. The van der Waals surface area contributed by atoms with Crippen LogP contribution in [0, 0.1) is 10.1 Å². The van der Waals surface area contributed by atoms with Gasteiger partial charge in [-0.05, 0) is 19.0 Å². The van der Waals surface area contributed by atoms with Gasteiger partial charge in [0.05, 0.1) is 12.6 Å². The van der Waals surface area contributed by atoms with E-state index in [2.05, 4.69) is 5.32 Å². The average Bonchev–Trinajstić information content (AvgIpc) is 2.65. The molecule has 1 aromatic rings. The summed E-state index contributed by atoms with van der Waals surface area (Å²) in [7, 11) is 0. The lowest BCUT2D eigenvalue weighted by molar-refractivity contribution is -0.402. The number of rotatable bonds is 7. The van der Waals surface area contributed by atoms with Gasteiger partial charge in [0.25, 0.3) is 0 Å². The predicted octanol–water partition coefficient (Wildman–Crippen LogP) is 0.543. The molecule has 1 aromatic heterocycles. The molecule has 0 bridgehead atoms. The zero-order valence-electron chi connectivity index (χ0n) is 8.64. The molecular formula is C9H13N3O4. The summed E-state index contributed by atoms with van der Waals surface area (Å²) >= 11 is 0. The van der Waals surface area contributed by atoms with E-state index in [1.165, 1.54) is 6.07 Å². The van der Waals surface area contributed by atoms with Crippen LogP contribution < -0.4 is 11.1 Å². The monoisotopic (exact) mass is 227 g/mol. The van der Waals surface area contributed by atoms with Crippen molar-refractivity contribution in [2.45, 2.75) is 19.4 Å². The predicted molar refractivity (Wildman–Crippen MR) is 55.5 cm³/mol. The molecule has 1 rings (SSSR count). The molecule has 16 heavy (non-hydrogen) atoms. The maximum absolute atomic E-state index is 10.4. The first-order chi connectivity index (χ1) is 7.59. The highest BCUT2D eigenvalue weighted by molar-refractivity contribution is 5.73. The summed E-state index contributed by atoms with van der Waals surface area (Å²) in [5.41, 5.74) is 4.96. The van der Waals surface area contributed by atoms with Crippen molar-refractivity contribution in [1.29, 1.82) is 0 Å². The molecule has 0 aromatic carbocycles. The molecule has 0 atom stereocenters. The van der Waals surface area contributed by atoms with Crippen LogP contribution in [0.3, 0.4) is 0 Å². The number of nitro groups is 1. The molecule has 1 amide bonds. The first kappa shape index (κ1) is 12.2. The Bertz CT molecular complexity index is 375. The Labute approximate surface area is 91.8 Å². The molecule has 0 saturated heterocycles. The van der Waals surface area contributed by atoms with Gasteiger partial charge in [0.15, 0.2) is 0 Å². The van der Waals surface area contributed by atoms with Crippen LogP contribution in [-0.4, -0.2) is 17.4 Å². The normalized spacial score (nSPS) is 10.2. The van der Waals surface area contributed by atoms with Crippen LogP contribution in [-0.2, 0) is 11.3 Å². The van der Waals surface area contributed by atoms with E-state index in [4.69, 9.17) is 10.2 Å². The topological polar surface area (TPSA) is 111 Å². The number of hydrogen-bond acceptors (Lipinski definition) is 5. The van der Waals surface area contributed by atoms with Crippen molar-refractivity contribution in [3.63, 3.8) is 0 Å². The van der Waals surface area contributed by atoms with Crippen molar-refractivity contribution in [1.82, 2.24) is 5.32 Å². The number of nitrogens with one attached hydrogen (secondary N) is 1. The third-order valence-electron chi connectivity index (χ3n) is 1.90.